The Bertz CT molecular complexity index is 568. The first kappa shape index (κ1) is 12.1. The molecule has 0 saturated heterocycles. The van der Waals surface area contributed by atoms with Crippen LogP contribution in [0.3, 0.4) is 0 Å². The van der Waals surface area contributed by atoms with E-state index in [0.717, 1.165) is 0 Å². The average molecular weight is 244 g/mol. The molecule has 0 aromatic heterocycles. The molecule has 0 unspecified atom stereocenters. The molecule has 1 aromatic carbocycles. The Balaban J connectivity index is 2.17. The minimum absolute atomic E-state index is 0.203. The number of carboxylic acids is 1. The van der Waals surface area contributed by atoms with Gasteiger partial charge in [0.15, 0.2) is 0 Å². The van der Waals surface area contributed by atoms with E-state index in [1.807, 2.05) is 6.07 Å². The number of rotatable bonds is 3. The zero-order valence-electron chi connectivity index (χ0n) is 9.86. The van der Waals surface area contributed by atoms with Crippen molar-refractivity contribution in [2.75, 3.05) is 5.32 Å². The summed E-state index contributed by atoms with van der Waals surface area (Å²) in [6, 6.07) is 6.58. The van der Waals surface area contributed by atoms with Crippen LogP contribution in [0.4, 0.5) is 5.69 Å². The average Bonchev–Trinajstić information content (AvgIpc) is 3.09. The molecule has 0 aliphatic heterocycles. The van der Waals surface area contributed by atoms with Gasteiger partial charge in [0, 0.05) is 5.69 Å². The highest BCUT2D eigenvalue weighted by Gasteiger charge is 2.50. The van der Waals surface area contributed by atoms with E-state index in [4.69, 9.17) is 10.4 Å². The van der Waals surface area contributed by atoms with Gasteiger partial charge in [-0.3, -0.25) is 4.79 Å². The molecule has 18 heavy (non-hydrogen) atoms. The second-order valence-corrected chi connectivity index (χ2v) is 4.48. The number of nitriles is 1. The molecule has 5 heteroatoms. The lowest BCUT2D eigenvalue weighted by Gasteiger charge is -2.09. The predicted octanol–water partition coefficient (Wildman–Crippen LogP) is 1.94. The normalized spacial score (nSPS) is 15.6. The Morgan fingerprint density at radius 2 is 2.11 bits per heavy atom. The molecule has 0 heterocycles. The molecule has 1 aliphatic carbocycles. The van der Waals surface area contributed by atoms with Crippen LogP contribution in [0, 0.1) is 23.7 Å². The summed E-state index contributed by atoms with van der Waals surface area (Å²) in [4.78, 5) is 22.6. The van der Waals surface area contributed by atoms with Crippen molar-refractivity contribution in [3.8, 4) is 6.07 Å². The lowest BCUT2D eigenvalue weighted by Crippen LogP contribution is -2.22. The number of nitrogens with zero attached hydrogens (tertiary/aromatic N) is 1. The Kier molecular flexibility index (Phi) is 2.79. The molecule has 0 atom stereocenters. The summed E-state index contributed by atoms with van der Waals surface area (Å²) in [5.41, 5.74) is 0.417. The fourth-order valence-corrected chi connectivity index (χ4v) is 1.75. The van der Waals surface area contributed by atoms with E-state index in [-0.39, 0.29) is 11.5 Å². The molecule has 2 rings (SSSR count). The molecule has 0 radical (unpaired) electrons. The van der Waals surface area contributed by atoms with Crippen molar-refractivity contribution in [3.05, 3.63) is 29.3 Å². The molecule has 1 amide bonds. The highest BCUT2D eigenvalue weighted by atomic mass is 16.4. The van der Waals surface area contributed by atoms with E-state index in [9.17, 15) is 9.59 Å². The highest BCUT2D eigenvalue weighted by molar-refractivity contribution is 5.99. The summed E-state index contributed by atoms with van der Waals surface area (Å²) in [5.74, 6) is -1.31. The fourth-order valence-electron chi connectivity index (χ4n) is 1.75. The second kappa shape index (κ2) is 4.15. The van der Waals surface area contributed by atoms with Gasteiger partial charge in [0.05, 0.1) is 11.6 Å². The number of anilines is 1. The van der Waals surface area contributed by atoms with Crippen LogP contribution < -0.4 is 5.32 Å². The van der Waals surface area contributed by atoms with Gasteiger partial charge in [-0.05, 0) is 43.5 Å². The first-order valence-corrected chi connectivity index (χ1v) is 5.55. The minimum atomic E-state index is -0.999. The number of aromatic carboxylic acids is 1. The Labute approximate surface area is 104 Å². The van der Waals surface area contributed by atoms with Crippen molar-refractivity contribution in [1.29, 1.82) is 5.26 Å². The van der Waals surface area contributed by atoms with Crippen molar-refractivity contribution in [2.45, 2.75) is 19.8 Å². The molecule has 92 valence electrons. The summed E-state index contributed by atoms with van der Waals surface area (Å²) >= 11 is 0. The van der Waals surface area contributed by atoms with Crippen LogP contribution in [-0.4, -0.2) is 17.0 Å². The number of carboxylic acid groups (broad SMARTS) is 1. The van der Waals surface area contributed by atoms with E-state index in [0.29, 0.717) is 24.1 Å². The van der Waals surface area contributed by atoms with Crippen molar-refractivity contribution >= 4 is 17.6 Å². The first-order valence-electron chi connectivity index (χ1n) is 5.55. The van der Waals surface area contributed by atoms with Gasteiger partial charge in [-0.1, -0.05) is 0 Å². The number of carbonyl (C=O) groups excluding carboxylic acids is 1. The molecule has 1 fully saturated rings. The maximum absolute atomic E-state index is 11.8. The third-order valence-corrected chi connectivity index (χ3v) is 3.11. The molecule has 2 N–H and O–H groups in total. The number of nitrogens with one attached hydrogen (secondary N) is 1. The van der Waals surface area contributed by atoms with Crippen LogP contribution in [0.15, 0.2) is 18.2 Å². The van der Waals surface area contributed by atoms with Gasteiger partial charge < -0.3 is 10.4 Å². The number of hydrogen-bond acceptors (Lipinski definition) is 3. The lowest BCUT2D eigenvalue weighted by atomic mass is 10.1. The standard InChI is InChI=1S/C13H12N2O3/c1-8-6-9(2-3-10(8)11(16)17)15-12(18)13(7-14)4-5-13/h2-3,6H,4-5H2,1H3,(H,15,18)(H,16,17). The summed E-state index contributed by atoms with van der Waals surface area (Å²) in [6.07, 6.45) is 1.17. The third-order valence-electron chi connectivity index (χ3n) is 3.11. The third kappa shape index (κ3) is 2.05. The van der Waals surface area contributed by atoms with Gasteiger partial charge in [0.25, 0.3) is 0 Å². The summed E-state index contributed by atoms with van der Waals surface area (Å²) in [6.45, 7) is 1.66. The SMILES string of the molecule is Cc1cc(NC(=O)C2(C#N)CC2)ccc1C(=O)O. The molecule has 5 nitrogen and oxygen atoms in total. The summed E-state index contributed by atoms with van der Waals surface area (Å²) in [5, 5.41) is 20.4. The number of benzene rings is 1. The van der Waals surface area contributed by atoms with E-state index < -0.39 is 11.4 Å². The van der Waals surface area contributed by atoms with Crippen molar-refractivity contribution < 1.29 is 14.7 Å². The topological polar surface area (TPSA) is 90.2 Å². The maximum atomic E-state index is 11.8. The minimum Gasteiger partial charge on any atom is -0.478 e. The van der Waals surface area contributed by atoms with Crippen LogP contribution >= 0.6 is 0 Å². The van der Waals surface area contributed by atoms with Gasteiger partial charge in [-0.15, -0.1) is 0 Å². The number of carbonyl (C=O) groups is 2. The zero-order chi connectivity index (χ0) is 13.3. The quantitative estimate of drug-likeness (QED) is 0.850. The molecular weight excluding hydrogens is 232 g/mol. The maximum Gasteiger partial charge on any atom is 0.335 e. The first-order chi connectivity index (χ1) is 8.48. The van der Waals surface area contributed by atoms with Crippen LogP contribution in [0.2, 0.25) is 0 Å². The fraction of sp³-hybridized carbons (Fsp3) is 0.308. The summed E-state index contributed by atoms with van der Waals surface area (Å²) in [7, 11) is 0. The molecule has 1 saturated carbocycles. The smallest absolute Gasteiger partial charge is 0.335 e. The Hall–Kier alpha value is -2.35. The largest absolute Gasteiger partial charge is 0.478 e. The number of amides is 1. The molecule has 1 aliphatic rings. The zero-order valence-corrected chi connectivity index (χ0v) is 9.86. The van der Waals surface area contributed by atoms with Gasteiger partial charge in [0.2, 0.25) is 5.91 Å². The number of aryl methyl sites for hydroxylation is 1. The number of hydrogen-bond donors (Lipinski definition) is 2. The van der Waals surface area contributed by atoms with E-state index in [1.54, 1.807) is 13.0 Å². The van der Waals surface area contributed by atoms with Gasteiger partial charge >= 0.3 is 5.97 Å². The van der Waals surface area contributed by atoms with Crippen molar-refractivity contribution in [1.82, 2.24) is 0 Å². The van der Waals surface area contributed by atoms with Gasteiger partial charge in [0.1, 0.15) is 5.41 Å². The Morgan fingerprint density at radius 3 is 2.56 bits per heavy atom. The molecular formula is C13H12N2O3. The van der Waals surface area contributed by atoms with Crippen LogP contribution in [0.25, 0.3) is 0 Å². The predicted molar refractivity (Wildman–Crippen MR) is 64.0 cm³/mol. The van der Waals surface area contributed by atoms with Crippen molar-refractivity contribution in [3.63, 3.8) is 0 Å². The van der Waals surface area contributed by atoms with Crippen LogP contribution in [0.5, 0.6) is 0 Å². The molecule has 0 bridgehead atoms. The highest BCUT2D eigenvalue weighted by Crippen LogP contribution is 2.45. The molecule has 0 spiro atoms. The van der Waals surface area contributed by atoms with E-state index in [1.165, 1.54) is 12.1 Å². The second-order valence-electron chi connectivity index (χ2n) is 4.48. The Morgan fingerprint density at radius 1 is 1.44 bits per heavy atom. The monoisotopic (exact) mass is 244 g/mol. The van der Waals surface area contributed by atoms with E-state index >= 15 is 0 Å². The lowest BCUT2D eigenvalue weighted by molar-refractivity contribution is -0.119. The molecule has 1 aromatic rings. The van der Waals surface area contributed by atoms with Crippen molar-refractivity contribution in [2.24, 2.45) is 5.41 Å². The van der Waals surface area contributed by atoms with Crippen LogP contribution in [0.1, 0.15) is 28.8 Å². The van der Waals surface area contributed by atoms with Gasteiger partial charge in [-0.25, -0.2) is 4.79 Å². The van der Waals surface area contributed by atoms with Crippen LogP contribution in [-0.2, 0) is 4.79 Å². The van der Waals surface area contributed by atoms with Gasteiger partial charge in [-0.2, -0.15) is 5.26 Å². The van der Waals surface area contributed by atoms with E-state index in [2.05, 4.69) is 5.32 Å². The summed E-state index contributed by atoms with van der Waals surface area (Å²) < 4.78 is 0.